The minimum Gasteiger partial charge on any atom is -0.469 e. The smallest absolute Gasteiger partial charge is 0.309 e. The highest BCUT2D eigenvalue weighted by atomic mass is 16.5. The number of amides is 1. The van der Waals surface area contributed by atoms with Gasteiger partial charge in [-0.2, -0.15) is 0 Å². The number of anilines is 1. The fraction of sp³-hybridized carbons (Fsp3) is 0.429. The molecular weight excluding hydrogens is 244 g/mol. The molecule has 0 bridgehead atoms. The van der Waals surface area contributed by atoms with E-state index < -0.39 is 0 Å². The second-order valence-corrected chi connectivity index (χ2v) is 4.56. The fourth-order valence-electron chi connectivity index (χ4n) is 1.98. The van der Waals surface area contributed by atoms with E-state index in [-0.39, 0.29) is 23.7 Å². The molecule has 5 nitrogen and oxygen atoms in total. The van der Waals surface area contributed by atoms with Gasteiger partial charge in [0.25, 0.3) is 0 Å². The molecule has 1 saturated carbocycles. The molecule has 1 aromatic rings. The van der Waals surface area contributed by atoms with Gasteiger partial charge in [-0.25, -0.2) is 0 Å². The zero-order valence-corrected chi connectivity index (χ0v) is 10.9. The van der Waals surface area contributed by atoms with Crippen molar-refractivity contribution in [2.45, 2.75) is 6.42 Å². The highest BCUT2D eigenvalue weighted by Gasteiger charge is 2.48. The quantitative estimate of drug-likeness (QED) is 0.593. The molecule has 1 amide bonds. The van der Waals surface area contributed by atoms with E-state index in [1.807, 2.05) is 30.3 Å². The molecule has 1 aliphatic rings. The van der Waals surface area contributed by atoms with Crippen molar-refractivity contribution in [3.8, 4) is 0 Å². The van der Waals surface area contributed by atoms with Crippen molar-refractivity contribution in [3.05, 3.63) is 30.3 Å². The van der Waals surface area contributed by atoms with Gasteiger partial charge in [0.2, 0.25) is 5.91 Å². The maximum Gasteiger partial charge on any atom is 0.309 e. The van der Waals surface area contributed by atoms with Gasteiger partial charge in [0, 0.05) is 18.8 Å². The van der Waals surface area contributed by atoms with Crippen molar-refractivity contribution >= 4 is 17.6 Å². The van der Waals surface area contributed by atoms with E-state index in [4.69, 9.17) is 0 Å². The summed E-state index contributed by atoms with van der Waals surface area (Å²) in [6, 6.07) is 9.79. The van der Waals surface area contributed by atoms with Gasteiger partial charge in [0.1, 0.15) is 0 Å². The van der Waals surface area contributed by atoms with Crippen molar-refractivity contribution in [1.29, 1.82) is 0 Å². The van der Waals surface area contributed by atoms with Crippen molar-refractivity contribution < 1.29 is 14.3 Å². The number of hydrogen-bond donors (Lipinski definition) is 2. The summed E-state index contributed by atoms with van der Waals surface area (Å²) in [5, 5.41) is 6.01. The van der Waals surface area contributed by atoms with Gasteiger partial charge in [-0.3, -0.25) is 9.59 Å². The topological polar surface area (TPSA) is 67.4 Å². The first-order valence-corrected chi connectivity index (χ1v) is 6.37. The van der Waals surface area contributed by atoms with Crippen molar-refractivity contribution in [1.82, 2.24) is 5.32 Å². The number of para-hydroxylation sites is 1. The molecule has 0 saturated heterocycles. The summed E-state index contributed by atoms with van der Waals surface area (Å²) in [5.74, 6) is -0.802. The van der Waals surface area contributed by atoms with Crippen LogP contribution < -0.4 is 10.6 Å². The third kappa shape index (κ3) is 3.71. The number of methoxy groups -OCH3 is 1. The summed E-state index contributed by atoms with van der Waals surface area (Å²) in [5.41, 5.74) is 1.02. The highest BCUT2D eigenvalue weighted by molar-refractivity contribution is 5.90. The van der Waals surface area contributed by atoms with Crippen LogP contribution in [0.2, 0.25) is 0 Å². The maximum atomic E-state index is 11.7. The summed E-state index contributed by atoms with van der Waals surface area (Å²) in [6.07, 6.45) is 0.602. The molecule has 1 fully saturated rings. The monoisotopic (exact) mass is 262 g/mol. The van der Waals surface area contributed by atoms with Crippen LogP contribution >= 0.6 is 0 Å². The largest absolute Gasteiger partial charge is 0.469 e. The van der Waals surface area contributed by atoms with Gasteiger partial charge in [0.05, 0.1) is 18.9 Å². The number of nitrogens with one attached hydrogen (secondary N) is 2. The van der Waals surface area contributed by atoms with Crippen LogP contribution in [0.25, 0.3) is 0 Å². The maximum absolute atomic E-state index is 11.7. The minimum atomic E-state index is -0.289. The molecular formula is C14H18N2O3. The molecule has 2 N–H and O–H groups in total. The molecule has 2 atom stereocenters. The SMILES string of the molecule is COC(=O)[C@@H]1C[C@@H]1C(=O)NCCNc1ccccc1. The Kier molecular flexibility index (Phi) is 4.39. The molecule has 0 spiro atoms. The van der Waals surface area contributed by atoms with Gasteiger partial charge >= 0.3 is 5.97 Å². The third-order valence-corrected chi connectivity index (χ3v) is 3.16. The lowest BCUT2D eigenvalue weighted by molar-refractivity contribution is -0.143. The van der Waals surface area contributed by atoms with Crippen LogP contribution in [0.15, 0.2) is 30.3 Å². The molecule has 2 rings (SSSR count). The first-order chi connectivity index (χ1) is 9.22. The van der Waals surface area contributed by atoms with Crippen LogP contribution in [0.1, 0.15) is 6.42 Å². The van der Waals surface area contributed by atoms with Crippen molar-refractivity contribution in [3.63, 3.8) is 0 Å². The molecule has 5 heteroatoms. The van der Waals surface area contributed by atoms with E-state index in [2.05, 4.69) is 15.4 Å². The lowest BCUT2D eigenvalue weighted by Gasteiger charge is -2.07. The minimum absolute atomic E-state index is 0.0646. The van der Waals surface area contributed by atoms with Gasteiger partial charge in [-0.1, -0.05) is 18.2 Å². The van der Waals surface area contributed by atoms with Crippen LogP contribution in [0.4, 0.5) is 5.69 Å². The van der Waals surface area contributed by atoms with Crippen molar-refractivity contribution in [2.75, 3.05) is 25.5 Å². The van der Waals surface area contributed by atoms with Crippen LogP contribution in [-0.4, -0.2) is 32.1 Å². The number of carbonyl (C=O) groups excluding carboxylic acids is 2. The Labute approximate surface area is 112 Å². The fourth-order valence-corrected chi connectivity index (χ4v) is 1.98. The summed E-state index contributed by atoms with van der Waals surface area (Å²) in [4.78, 5) is 22.9. The Morgan fingerprint density at radius 1 is 1.21 bits per heavy atom. The van der Waals surface area contributed by atoms with Gasteiger partial charge in [-0.05, 0) is 18.6 Å². The summed E-state index contributed by atoms with van der Waals surface area (Å²) < 4.78 is 4.61. The molecule has 1 aliphatic carbocycles. The van der Waals surface area contributed by atoms with E-state index >= 15 is 0 Å². The van der Waals surface area contributed by atoms with E-state index in [9.17, 15) is 9.59 Å². The Balaban J connectivity index is 1.62. The normalized spacial score (nSPS) is 20.5. The van der Waals surface area contributed by atoms with E-state index in [0.29, 0.717) is 19.5 Å². The number of esters is 1. The van der Waals surface area contributed by atoms with E-state index in [1.165, 1.54) is 7.11 Å². The first-order valence-electron chi connectivity index (χ1n) is 6.37. The van der Waals surface area contributed by atoms with Gasteiger partial charge in [0.15, 0.2) is 0 Å². The molecule has 0 radical (unpaired) electrons. The number of hydrogen-bond acceptors (Lipinski definition) is 4. The Bertz CT molecular complexity index is 447. The van der Waals surface area contributed by atoms with Crippen molar-refractivity contribution in [2.24, 2.45) is 11.8 Å². The standard InChI is InChI=1S/C14H18N2O3/c1-19-14(18)12-9-11(12)13(17)16-8-7-15-10-5-3-2-4-6-10/h2-6,11-12,15H,7-9H2,1H3,(H,16,17)/t11-,12+/m0/s1. The summed E-state index contributed by atoms with van der Waals surface area (Å²) in [6.45, 7) is 1.20. The second-order valence-electron chi connectivity index (χ2n) is 4.56. The van der Waals surface area contributed by atoms with Crippen LogP contribution in [-0.2, 0) is 14.3 Å². The van der Waals surface area contributed by atoms with E-state index in [1.54, 1.807) is 0 Å². The molecule has 0 unspecified atom stereocenters. The van der Waals surface area contributed by atoms with Crippen LogP contribution in [0.3, 0.4) is 0 Å². The van der Waals surface area contributed by atoms with Crippen LogP contribution in [0.5, 0.6) is 0 Å². The zero-order chi connectivity index (χ0) is 13.7. The molecule has 0 heterocycles. The van der Waals surface area contributed by atoms with Gasteiger partial charge in [-0.15, -0.1) is 0 Å². The Morgan fingerprint density at radius 2 is 1.95 bits per heavy atom. The van der Waals surface area contributed by atoms with E-state index in [0.717, 1.165) is 5.69 Å². The average molecular weight is 262 g/mol. The molecule has 19 heavy (non-hydrogen) atoms. The number of rotatable bonds is 6. The predicted molar refractivity (Wildman–Crippen MR) is 71.6 cm³/mol. The third-order valence-electron chi connectivity index (χ3n) is 3.16. The van der Waals surface area contributed by atoms with Crippen LogP contribution in [0, 0.1) is 11.8 Å². The Morgan fingerprint density at radius 3 is 2.63 bits per heavy atom. The highest BCUT2D eigenvalue weighted by Crippen LogP contribution is 2.39. The van der Waals surface area contributed by atoms with Gasteiger partial charge < -0.3 is 15.4 Å². The lowest BCUT2D eigenvalue weighted by atomic mass is 10.3. The molecule has 102 valence electrons. The average Bonchev–Trinajstić information content (AvgIpc) is 3.24. The molecule has 1 aromatic carbocycles. The molecule has 0 aliphatic heterocycles. The lowest BCUT2D eigenvalue weighted by Crippen LogP contribution is -2.31. The first kappa shape index (κ1) is 13.4. The number of benzene rings is 1. The summed E-state index contributed by atoms with van der Waals surface area (Å²) in [7, 11) is 1.35. The Hall–Kier alpha value is -2.04. The zero-order valence-electron chi connectivity index (χ0n) is 10.9. The predicted octanol–water partition coefficient (Wildman–Crippen LogP) is 1.02. The number of carbonyl (C=O) groups is 2. The molecule has 0 aromatic heterocycles. The second kappa shape index (κ2) is 6.22. The summed E-state index contributed by atoms with van der Waals surface area (Å²) >= 11 is 0. The number of ether oxygens (including phenoxy) is 1.